The zero-order chi connectivity index (χ0) is 15.2. The van der Waals surface area contributed by atoms with Crippen molar-refractivity contribution in [2.75, 3.05) is 5.73 Å². The van der Waals surface area contributed by atoms with Gasteiger partial charge in [-0.15, -0.1) is 5.10 Å². The van der Waals surface area contributed by atoms with Crippen molar-refractivity contribution in [3.05, 3.63) is 24.0 Å². The van der Waals surface area contributed by atoms with Gasteiger partial charge in [-0.2, -0.15) is 0 Å². The van der Waals surface area contributed by atoms with Gasteiger partial charge in [-0.25, -0.2) is 9.07 Å². The molecular formula is C15H22FN5. The number of benzene rings is 1. The van der Waals surface area contributed by atoms with Crippen molar-refractivity contribution in [2.45, 2.75) is 52.0 Å². The summed E-state index contributed by atoms with van der Waals surface area (Å²) < 4.78 is 15.0. The van der Waals surface area contributed by atoms with Crippen LogP contribution in [0.5, 0.6) is 0 Å². The smallest absolute Gasteiger partial charge is 0.184 e. The van der Waals surface area contributed by atoms with Gasteiger partial charge in [0.05, 0.1) is 6.04 Å². The number of nitrogens with two attached hydrogens (primary N) is 1. The summed E-state index contributed by atoms with van der Waals surface area (Å²) in [6.07, 6.45) is 5.37. The molecule has 0 fully saturated rings. The minimum atomic E-state index is -0.355. The van der Waals surface area contributed by atoms with Crippen LogP contribution in [-0.2, 0) is 0 Å². The zero-order valence-electron chi connectivity index (χ0n) is 12.6. The van der Waals surface area contributed by atoms with Crippen LogP contribution < -0.4 is 5.73 Å². The van der Waals surface area contributed by atoms with Gasteiger partial charge in [-0.1, -0.05) is 33.1 Å². The van der Waals surface area contributed by atoms with Crippen LogP contribution in [0.25, 0.3) is 11.4 Å². The van der Waals surface area contributed by atoms with Gasteiger partial charge >= 0.3 is 0 Å². The number of nitrogen functional groups attached to an aromatic ring is 1. The lowest BCUT2D eigenvalue weighted by Crippen LogP contribution is -2.13. The predicted molar refractivity (Wildman–Crippen MR) is 81.1 cm³/mol. The third-order valence-electron chi connectivity index (χ3n) is 3.61. The molecule has 0 aliphatic heterocycles. The second-order valence-corrected chi connectivity index (χ2v) is 5.26. The maximum atomic E-state index is 13.2. The molecule has 6 heteroatoms. The first-order valence-corrected chi connectivity index (χ1v) is 7.50. The van der Waals surface area contributed by atoms with E-state index < -0.39 is 0 Å². The van der Waals surface area contributed by atoms with Gasteiger partial charge in [-0.05, 0) is 41.5 Å². The molecule has 0 aliphatic carbocycles. The molecule has 1 atom stereocenters. The van der Waals surface area contributed by atoms with Gasteiger partial charge in [0.2, 0.25) is 0 Å². The Morgan fingerprint density at radius 3 is 2.71 bits per heavy atom. The topological polar surface area (TPSA) is 69.6 Å². The molecular weight excluding hydrogens is 269 g/mol. The summed E-state index contributed by atoms with van der Waals surface area (Å²) >= 11 is 0. The SMILES string of the molecule is CCCCC(CCC)n1nnnc1-c1ccc(F)cc1N. The predicted octanol–water partition coefficient (Wildman–Crippen LogP) is 3.59. The fourth-order valence-electron chi connectivity index (χ4n) is 2.52. The number of unbranched alkanes of at least 4 members (excludes halogenated alkanes) is 1. The summed E-state index contributed by atoms with van der Waals surface area (Å²) in [5.41, 5.74) is 6.94. The molecule has 0 amide bonds. The van der Waals surface area contributed by atoms with Gasteiger partial charge in [0.15, 0.2) is 5.82 Å². The summed E-state index contributed by atoms with van der Waals surface area (Å²) in [6, 6.07) is 4.57. The summed E-state index contributed by atoms with van der Waals surface area (Å²) in [5, 5.41) is 12.0. The number of aromatic nitrogens is 4. The summed E-state index contributed by atoms with van der Waals surface area (Å²) in [4.78, 5) is 0. The van der Waals surface area contributed by atoms with Crippen LogP contribution in [0.2, 0.25) is 0 Å². The maximum Gasteiger partial charge on any atom is 0.184 e. The quantitative estimate of drug-likeness (QED) is 0.791. The van der Waals surface area contributed by atoms with Gasteiger partial charge < -0.3 is 5.73 Å². The molecule has 2 rings (SSSR count). The number of tetrazole rings is 1. The highest BCUT2D eigenvalue weighted by Gasteiger charge is 2.19. The molecule has 0 saturated heterocycles. The van der Waals surface area contributed by atoms with Crippen LogP contribution >= 0.6 is 0 Å². The van der Waals surface area contributed by atoms with Crippen molar-refractivity contribution in [2.24, 2.45) is 0 Å². The Labute approximate surface area is 124 Å². The van der Waals surface area contributed by atoms with E-state index in [1.165, 1.54) is 12.1 Å². The lowest BCUT2D eigenvalue weighted by molar-refractivity contribution is 0.380. The Morgan fingerprint density at radius 1 is 1.24 bits per heavy atom. The molecule has 5 nitrogen and oxygen atoms in total. The van der Waals surface area contributed by atoms with E-state index in [2.05, 4.69) is 29.4 Å². The lowest BCUT2D eigenvalue weighted by Gasteiger charge is -2.18. The van der Waals surface area contributed by atoms with Crippen molar-refractivity contribution >= 4 is 5.69 Å². The van der Waals surface area contributed by atoms with E-state index in [9.17, 15) is 4.39 Å². The number of rotatable bonds is 7. The van der Waals surface area contributed by atoms with Crippen LogP contribution in [0.3, 0.4) is 0 Å². The van der Waals surface area contributed by atoms with Crippen LogP contribution in [0.4, 0.5) is 10.1 Å². The number of hydrogen-bond acceptors (Lipinski definition) is 4. The third-order valence-corrected chi connectivity index (χ3v) is 3.61. The highest BCUT2D eigenvalue weighted by molar-refractivity contribution is 5.71. The minimum absolute atomic E-state index is 0.254. The fourth-order valence-corrected chi connectivity index (χ4v) is 2.52. The second-order valence-electron chi connectivity index (χ2n) is 5.26. The average molecular weight is 291 g/mol. The molecule has 2 aromatic rings. The standard InChI is InChI=1S/C15H22FN5/c1-3-5-7-12(6-4-2)21-15(18-19-20-21)13-9-8-11(16)10-14(13)17/h8-10,12H,3-7,17H2,1-2H3. The monoisotopic (exact) mass is 291 g/mol. The molecule has 2 N–H and O–H groups in total. The van der Waals surface area contributed by atoms with Crippen LogP contribution in [0.1, 0.15) is 52.0 Å². The summed E-state index contributed by atoms with van der Waals surface area (Å²) in [5.74, 6) is 0.258. The van der Waals surface area contributed by atoms with Crippen molar-refractivity contribution in [3.63, 3.8) is 0 Å². The molecule has 0 saturated carbocycles. The molecule has 1 aromatic heterocycles. The maximum absolute atomic E-state index is 13.2. The Balaban J connectivity index is 2.35. The van der Waals surface area contributed by atoms with E-state index in [1.54, 1.807) is 6.07 Å². The molecule has 1 aromatic carbocycles. The lowest BCUT2D eigenvalue weighted by atomic mass is 10.0. The molecule has 1 unspecified atom stereocenters. The number of anilines is 1. The van der Waals surface area contributed by atoms with E-state index in [-0.39, 0.29) is 11.9 Å². The highest BCUT2D eigenvalue weighted by atomic mass is 19.1. The molecule has 0 aliphatic rings. The van der Waals surface area contributed by atoms with E-state index in [1.807, 2.05) is 4.68 Å². The van der Waals surface area contributed by atoms with Gasteiger partial charge in [0.1, 0.15) is 5.82 Å². The van der Waals surface area contributed by atoms with E-state index >= 15 is 0 Å². The fraction of sp³-hybridized carbons (Fsp3) is 0.533. The summed E-state index contributed by atoms with van der Waals surface area (Å²) in [7, 11) is 0. The Hall–Kier alpha value is -1.98. The normalized spacial score (nSPS) is 12.5. The average Bonchev–Trinajstić information content (AvgIpc) is 2.92. The minimum Gasteiger partial charge on any atom is -0.398 e. The zero-order valence-corrected chi connectivity index (χ0v) is 12.6. The van der Waals surface area contributed by atoms with E-state index in [0.29, 0.717) is 17.1 Å². The molecule has 114 valence electrons. The molecule has 21 heavy (non-hydrogen) atoms. The van der Waals surface area contributed by atoms with Gasteiger partial charge in [0, 0.05) is 11.3 Å². The Morgan fingerprint density at radius 2 is 2.05 bits per heavy atom. The largest absolute Gasteiger partial charge is 0.398 e. The Bertz CT molecular complexity index is 581. The highest BCUT2D eigenvalue weighted by Crippen LogP contribution is 2.29. The van der Waals surface area contributed by atoms with Crippen LogP contribution in [0, 0.1) is 5.82 Å². The Kier molecular flexibility index (Phi) is 5.25. The van der Waals surface area contributed by atoms with Crippen molar-refractivity contribution in [1.29, 1.82) is 0 Å². The number of nitrogens with zero attached hydrogens (tertiary/aromatic N) is 4. The first-order valence-electron chi connectivity index (χ1n) is 7.50. The van der Waals surface area contributed by atoms with Gasteiger partial charge in [-0.3, -0.25) is 0 Å². The van der Waals surface area contributed by atoms with Gasteiger partial charge in [0.25, 0.3) is 0 Å². The molecule has 1 heterocycles. The van der Waals surface area contributed by atoms with Crippen molar-refractivity contribution < 1.29 is 4.39 Å². The molecule has 0 bridgehead atoms. The first-order chi connectivity index (χ1) is 10.2. The van der Waals surface area contributed by atoms with Crippen LogP contribution in [0.15, 0.2) is 18.2 Å². The van der Waals surface area contributed by atoms with E-state index in [4.69, 9.17) is 5.73 Å². The number of hydrogen-bond donors (Lipinski definition) is 1. The molecule has 0 radical (unpaired) electrons. The second kappa shape index (κ2) is 7.15. The first kappa shape index (κ1) is 15.4. The van der Waals surface area contributed by atoms with Crippen LogP contribution in [-0.4, -0.2) is 20.2 Å². The van der Waals surface area contributed by atoms with E-state index in [0.717, 1.165) is 32.1 Å². The third kappa shape index (κ3) is 3.56. The van der Waals surface area contributed by atoms with Crippen molar-refractivity contribution in [1.82, 2.24) is 20.2 Å². The van der Waals surface area contributed by atoms with Crippen molar-refractivity contribution in [3.8, 4) is 11.4 Å². The summed E-state index contributed by atoms with van der Waals surface area (Å²) in [6.45, 7) is 4.32. The number of halogens is 1. The molecule has 0 spiro atoms.